The highest BCUT2D eigenvalue weighted by Gasteiger charge is 2.34. The fourth-order valence-corrected chi connectivity index (χ4v) is 5.18. The highest BCUT2D eigenvalue weighted by atomic mass is 19.2. The average molecular weight is 554 g/mol. The first-order valence-corrected chi connectivity index (χ1v) is 12.9. The van der Waals surface area contributed by atoms with Crippen LogP contribution in [0.1, 0.15) is 49.3 Å². The lowest BCUT2D eigenvalue weighted by Crippen LogP contribution is -2.28. The summed E-state index contributed by atoms with van der Waals surface area (Å²) in [5, 5.41) is 14.0. The van der Waals surface area contributed by atoms with E-state index < -0.39 is 35.1 Å². The number of carboxylic acids is 1. The molecule has 0 bridgehead atoms. The lowest BCUT2D eigenvalue weighted by Gasteiger charge is -2.29. The summed E-state index contributed by atoms with van der Waals surface area (Å²) in [5.74, 6) is -3.63. The number of halogens is 3. The van der Waals surface area contributed by atoms with E-state index in [4.69, 9.17) is 14.5 Å². The number of rotatable bonds is 6. The van der Waals surface area contributed by atoms with Gasteiger partial charge in [-0.05, 0) is 63.9 Å². The normalized spacial score (nSPS) is 14.0. The number of aliphatic carboxylic acids is 1. The molecule has 7 nitrogen and oxygen atoms in total. The number of benzene rings is 2. The summed E-state index contributed by atoms with van der Waals surface area (Å²) in [6, 6.07) is 7.01. The Morgan fingerprint density at radius 3 is 2.65 bits per heavy atom. The first kappa shape index (κ1) is 27.5. The van der Waals surface area contributed by atoms with Crippen molar-refractivity contribution in [3.63, 3.8) is 0 Å². The molecule has 1 aliphatic heterocycles. The molecule has 2 N–H and O–H groups in total. The molecule has 0 saturated heterocycles. The monoisotopic (exact) mass is 553 g/mol. The van der Waals surface area contributed by atoms with E-state index in [2.05, 4.69) is 5.32 Å². The van der Waals surface area contributed by atoms with Gasteiger partial charge in [0.05, 0.1) is 17.8 Å². The third kappa shape index (κ3) is 4.88. The van der Waals surface area contributed by atoms with Crippen molar-refractivity contribution in [3.05, 3.63) is 76.4 Å². The molecule has 1 atom stereocenters. The molecular formula is C30H30F3N3O4. The van der Waals surface area contributed by atoms with E-state index in [9.17, 15) is 18.7 Å². The molecule has 0 saturated carbocycles. The Morgan fingerprint density at radius 2 is 1.95 bits per heavy atom. The number of carbonyl (C=O) groups is 1. The number of aryl methyl sites for hydroxylation is 1. The van der Waals surface area contributed by atoms with Crippen LogP contribution in [0.2, 0.25) is 0 Å². The molecule has 0 spiro atoms. The predicted octanol–water partition coefficient (Wildman–Crippen LogP) is 6.53. The highest BCUT2D eigenvalue weighted by molar-refractivity contribution is 6.00. The quantitative estimate of drug-likeness (QED) is 0.282. The molecule has 40 heavy (non-hydrogen) atoms. The van der Waals surface area contributed by atoms with Gasteiger partial charge in [-0.3, -0.25) is 0 Å². The number of fused-ring (bicyclic) bond motifs is 2. The van der Waals surface area contributed by atoms with Crippen molar-refractivity contribution in [3.8, 4) is 16.9 Å². The Morgan fingerprint density at radius 1 is 1.20 bits per heavy atom. The summed E-state index contributed by atoms with van der Waals surface area (Å²) >= 11 is 0. The second-order valence-electron chi connectivity index (χ2n) is 10.8. The molecule has 1 aliphatic rings. The molecule has 2 aromatic heterocycles. The Bertz CT molecular complexity index is 1640. The molecule has 10 heteroatoms. The zero-order chi connectivity index (χ0) is 28.9. The number of hydrogen-bond acceptors (Lipinski definition) is 5. The number of aromatic nitrogens is 2. The number of ether oxygens (including phenoxy) is 2. The Labute approximate surface area is 229 Å². The van der Waals surface area contributed by atoms with Crippen LogP contribution < -0.4 is 10.1 Å². The fraction of sp³-hybridized carbons (Fsp3) is 0.333. The highest BCUT2D eigenvalue weighted by Crippen LogP contribution is 2.45. The lowest BCUT2D eigenvalue weighted by atomic mass is 9.89. The smallest absolute Gasteiger partial charge is 0.337 e. The summed E-state index contributed by atoms with van der Waals surface area (Å²) in [6.45, 7) is 9.48. The van der Waals surface area contributed by atoms with Crippen molar-refractivity contribution < 1.29 is 32.5 Å². The van der Waals surface area contributed by atoms with Gasteiger partial charge in [0.2, 0.25) is 0 Å². The van der Waals surface area contributed by atoms with Gasteiger partial charge < -0.3 is 24.5 Å². The minimum absolute atomic E-state index is 0.0217. The van der Waals surface area contributed by atoms with Crippen LogP contribution in [0.5, 0.6) is 5.75 Å². The maximum atomic E-state index is 15.4. The van der Waals surface area contributed by atoms with Crippen LogP contribution in [-0.2, 0) is 16.1 Å². The van der Waals surface area contributed by atoms with Crippen molar-refractivity contribution in [2.24, 2.45) is 0 Å². The predicted molar refractivity (Wildman–Crippen MR) is 145 cm³/mol. The van der Waals surface area contributed by atoms with Crippen molar-refractivity contribution in [2.75, 3.05) is 18.5 Å². The topological polar surface area (TPSA) is 85.6 Å². The van der Waals surface area contributed by atoms with E-state index in [1.165, 1.54) is 18.2 Å². The van der Waals surface area contributed by atoms with Gasteiger partial charge >= 0.3 is 5.97 Å². The molecule has 0 radical (unpaired) electrons. The SMILES string of the molecule is Cc1nc2c(ccn2Cc2cccc(F)c2F)c(-c2cc(F)c3c(c2C)NCCO3)c1[C@H](OC(C)(C)C)C(=O)O. The van der Waals surface area contributed by atoms with Crippen LogP contribution in [0.3, 0.4) is 0 Å². The Balaban J connectivity index is 1.81. The zero-order valence-electron chi connectivity index (χ0n) is 22.9. The summed E-state index contributed by atoms with van der Waals surface area (Å²) in [4.78, 5) is 17.3. The number of carboxylic acid groups (broad SMARTS) is 1. The minimum atomic E-state index is -1.42. The minimum Gasteiger partial charge on any atom is -0.486 e. The van der Waals surface area contributed by atoms with Crippen LogP contribution in [-0.4, -0.2) is 39.4 Å². The van der Waals surface area contributed by atoms with Gasteiger partial charge in [0.25, 0.3) is 0 Å². The number of anilines is 1. The van der Waals surface area contributed by atoms with Crippen LogP contribution in [0, 0.1) is 31.3 Å². The molecule has 210 valence electrons. The number of nitrogens with one attached hydrogen (secondary N) is 1. The first-order chi connectivity index (χ1) is 18.9. The third-order valence-corrected chi connectivity index (χ3v) is 6.88. The van der Waals surface area contributed by atoms with Gasteiger partial charge in [0.15, 0.2) is 29.3 Å². The lowest BCUT2D eigenvalue weighted by molar-refractivity contribution is -0.160. The largest absolute Gasteiger partial charge is 0.486 e. The van der Waals surface area contributed by atoms with Crippen molar-refractivity contribution in [1.82, 2.24) is 9.55 Å². The average Bonchev–Trinajstić information content (AvgIpc) is 3.28. The van der Waals surface area contributed by atoms with Crippen LogP contribution in [0.25, 0.3) is 22.2 Å². The van der Waals surface area contributed by atoms with E-state index in [0.29, 0.717) is 52.3 Å². The summed E-state index contributed by atoms with van der Waals surface area (Å²) in [5.41, 5.74) is 2.36. The van der Waals surface area contributed by atoms with Crippen LogP contribution in [0.15, 0.2) is 36.5 Å². The Kier molecular flexibility index (Phi) is 6.99. The maximum Gasteiger partial charge on any atom is 0.337 e. The molecule has 0 fully saturated rings. The van der Waals surface area contributed by atoms with Gasteiger partial charge in [-0.15, -0.1) is 0 Å². The van der Waals surface area contributed by atoms with E-state index >= 15 is 4.39 Å². The summed E-state index contributed by atoms with van der Waals surface area (Å²) in [7, 11) is 0. The maximum absolute atomic E-state index is 15.4. The van der Waals surface area contributed by atoms with Crippen LogP contribution >= 0.6 is 0 Å². The van der Waals surface area contributed by atoms with Gasteiger partial charge in [-0.1, -0.05) is 12.1 Å². The Hall–Kier alpha value is -4.05. The van der Waals surface area contributed by atoms with E-state index in [0.717, 1.165) is 6.07 Å². The zero-order valence-corrected chi connectivity index (χ0v) is 22.9. The van der Waals surface area contributed by atoms with Gasteiger partial charge in [-0.2, -0.15) is 0 Å². The molecule has 2 aromatic carbocycles. The van der Waals surface area contributed by atoms with Crippen LogP contribution in [0.4, 0.5) is 18.9 Å². The van der Waals surface area contributed by atoms with Crippen molar-refractivity contribution in [1.29, 1.82) is 0 Å². The van der Waals surface area contributed by atoms with Gasteiger partial charge in [0, 0.05) is 40.5 Å². The number of hydrogen-bond donors (Lipinski definition) is 2. The summed E-state index contributed by atoms with van der Waals surface area (Å²) < 4.78 is 57.1. The van der Waals surface area contributed by atoms with E-state index in [1.807, 2.05) is 0 Å². The van der Waals surface area contributed by atoms with E-state index in [-0.39, 0.29) is 23.4 Å². The molecule has 0 aliphatic carbocycles. The number of nitrogens with zero attached hydrogens (tertiary/aromatic N) is 2. The van der Waals surface area contributed by atoms with Crippen molar-refractivity contribution >= 4 is 22.7 Å². The second-order valence-corrected chi connectivity index (χ2v) is 10.8. The molecule has 0 amide bonds. The first-order valence-electron chi connectivity index (χ1n) is 12.9. The standard InChI is InChI=1S/C30H30F3N3O4/c1-15-19(13-21(32)26-25(15)34-10-12-39-26)23-18-9-11-36(14-17-7-6-8-20(31)24(17)33)28(18)35-16(2)22(23)27(29(37)38)40-30(3,4)5/h6-9,11,13,27,34H,10,12,14H2,1-5H3,(H,37,38)/t27-/m0/s1. The molecule has 4 aromatic rings. The third-order valence-electron chi connectivity index (χ3n) is 6.88. The molecular weight excluding hydrogens is 523 g/mol. The number of pyridine rings is 1. The van der Waals surface area contributed by atoms with Crippen molar-refractivity contribution in [2.45, 2.75) is 52.9 Å². The second kappa shape index (κ2) is 10.2. The molecule has 0 unspecified atom stereocenters. The van der Waals surface area contributed by atoms with Gasteiger partial charge in [0.1, 0.15) is 12.3 Å². The summed E-state index contributed by atoms with van der Waals surface area (Å²) in [6.07, 6.45) is 0.249. The molecule has 3 heterocycles. The van der Waals surface area contributed by atoms with Gasteiger partial charge in [-0.25, -0.2) is 22.9 Å². The van der Waals surface area contributed by atoms with E-state index in [1.54, 1.807) is 51.4 Å². The fourth-order valence-electron chi connectivity index (χ4n) is 5.18. The molecule has 5 rings (SSSR count).